The highest BCUT2D eigenvalue weighted by Crippen LogP contribution is 2.29. The molecule has 3 aromatic carbocycles. The first-order valence-electron chi connectivity index (χ1n) is 9.29. The predicted octanol–water partition coefficient (Wildman–Crippen LogP) is 4.00. The Morgan fingerprint density at radius 3 is 1.97 bits per heavy atom. The molecule has 0 aromatic heterocycles. The van der Waals surface area contributed by atoms with Gasteiger partial charge in [-0.3, -0.25) is 5.01 Å². The molecular weight excluding hydrogens is 414 g/mol. The van der Waals surface area contributed by atoms with E-state index in [-0.39, 0.29) is 5.75 Å². The largest absolute Gasteiger partial charge is 0.399 e. The fourth-order valence-corrected chi connectivity index (χ4v) is 3.14. The quantitative estimate of drug-likeness (QED) is 0.250. The van der Waals surface area contributed by atoms with E-state index in [0.29, 0.717) is 5.69 Å². The highest BCUT2D eigenvalue weighted by atomic mass is 32.2. The Bertz CT molecular complexity index is 1190. The SMILES string of the molecule is CN(C)N=Nc1ccc(/C=C(/c2ccc(N)cc2)c2ccc(OS(N)(=O)=O)cc2)cc1. The molecular formula is C22H23N5O3S. The number of nitrogens with two attached hydrogens (primary N) is 2. The summed E-state index contributed by atoms with van der Waals surface area (Å²) in [6.07, 6.45) is 2.02. The Balaban J connectivity index is 1.98. The zero-order chi connectivity index (χ0) is 22.4. The first kappa shape index (κ1) is 22.0. The number of benzene rings is 3. The minimum atomic E-state index is -4.08. The van der Waals surface area contributed by atoms with Gasteiger partial charge in [0.05, 0.1) is 5.69 Å². The topological polar surface area (TPSA) is 123 Å². The summed E-state index contributed by atoms with van der Waals surface area (Å²) in [6, 6.07) is 21.8. The third-order valence-electron chi connectivity index (χ3n) is 4.14. The van der Waals surface area contributed by atoms with Crippen molar-refractivity contribution < 1.29 is 12.6 Å². The summed E-state index contributed by atoms with van der Waals surface area (Å²) < 4.78 is 27.0. The van der Waals surface area contributed by atoms with Crippen molar-refractivity contribution in [1.29, 1.82) is 0 Å². The van der Waals surface area contributed by atoms with Gasteiger partial charge < -0.3 is 9.92 Å². The normalized spacial score (nSPS) is 12.2. The Hall–Kier alpha value is -3.69. The van der Waals surface area contributed by atoms with Crippen LogP contribution in [0.2, 0.25) is 0 Å². The van der Waals surface area contributed by atoms with Crippen LogP contribution >= 0.6 is 0 Å². The minimum Gasteiger partial charge on any atom is -0.399 e. The van der Waals surface area contributed by atoms with E-state index in [9.17, 15) is 8.42 Å². The number of hydrogen-bond acceptors (Lipinski definition) is 6. The molecule has 3 rings (SSSR count). The van der Waals surface area contributed by atoms with Crippen LogP contribution in [0.1, 0.15) is 16.7 Å². The lowest BCUT2D eigenvalue weighted by Gasteiger charge is -2.11. The smallest absolute Gasteiger partial charge is 0.380 e. The highest BCUT2D eigenvalue weighted by molar-refractivity contribution is 7.84. The van der Waals surface area contributed by atoms with Crippen LogP contribution in [0.25, 0.3) is 11.6 Å². The molecule has 0 spiro atoms. The van der Waals surface area contributed by atoms with Crippen molar-refractivity contribution in [2.45, 2.75) is 0 Å². The molecule has 4 N–H and O–H groups in total. The second-order valence-corrected chi connectivity index (χ2v) is 8.06. The summed E-state index contributed by atoms with van der Waals surface area (Å²) in [5, 5.41) is 14.7. The van der Waals surface area contributed by atoms with Gasteiger partial charge in [0.2, 0.25) is 0 Å². The zero-order valence-electron chi connectivity index (χ0n) is 17.1. The van der Waals surface area contributed by atoms with Crippen LogP contribution in [0.4, 0.5) is 11.4 Å². The molecule has 3 aromatic rings. The molecule has 31 heavy (non-hydrogen) atoms. The molecule has 0 saturated carbocycles. The lowest BCUT2D eigenvalue weighted by molar-refractivity contribution is 0.408. The van der Waals surface area contributed by atoms with Gasteiger partial charge in [0.25, 0.3) is 0 Å². The molecule has 9 heteroatoms. The van der Waals surface area contributed by atoms with Crippen LogP contribution in [0.15, 0.2) is 83.1 Å². The van der Waals surface area contributed by atoms with Crippen LogP contribution < -0.4 is 15.1 Å². The molecule has 0 unspecified atom stereocenters. The van der Waals surface area contributed by atoms with Crippen LogP contribution in [-0.2, 0) is 10.3 Å². The van der Waals surface area contributed by atoms with E-state index in [0.717, 1.165) is 28.0 Å². The summed E-state index contributed by atoms with van der Waals surface area (Å²) >= 11 is 0. The Labute approximate surface area is 181 Å². The van der Waals surface area contributed by atoms with Crippen molar-refractivity contribution in [3.8, 4) is 5.75 Å². The number of anilines is 1. The summed E-state index contributed by atoms with van der Waals surface area (Å²) in [4.78, 5) is 0. The van der Waals surface area contributed by atoms with Gasteiger partial charge in [-0.25, -0.2) is 0 Å². The van der Waals surface area contributed by atoms with Crippen LogP contribution in [0, 0.1) is 0 Å². The maximum Gasteiger partial charge on any atom is 0.380 e. The molecule has 0 fully saturated rings. The fraction of sp³-hybridized carbons (Fsp3) is 0.0909. The molecule has 0 aliphatic carbocycles. The lowest BCUT2D eigenvalue weighted by Crippen LogP contribution is -2.18. The van der Waals surface area contributed by atoms with Crippen LogP contribution in [-0.4, -0.2) is 27.5 Å². The van der Waals surface area contributed by atoms with E-state index < -0.39 is 10.3 Å². The van der Waals surface area contributed by atoms with E-state index in [1.807, 2.05) is 54.6 Å². The van der Waals surface area contributed by atoms with E-state index >= 15 is 0 Å². The molecule has 0 amide bonds. The number of rotatable bonds is 7. The molecule has 0 aliphatic rings. The Kier molecular flexibility index (Phi) is 6.68. The van der Waals surface area contributed by atoms with Gasteiger partial charge in [0.1, 0.15) is 5.75 Å². The first-order chi connectivity index (χ1) is 14.7. The highest BCUT2D eigenvalue weighted by Gasteiger charge is 2.09. The standard InChI is InChI=1S/C22H23N5O3S/c1-27(2)26-25-20-11-3-16(4-12-20)15-22(17-5-9-19(23)10-6-17)18-7-13-21(14-8-18)30-31(24,28)29/h3-15H,23H2,1-2H3,(H2,24,28,29)/b22-15-,26-25?. The average Bonchev–Trinajstić information content (AvgIpc) is 2.72. The number of nitrogen functional groups attached to an aromatic ring is 1. The lowest BCUT2D eigenvalue weighted by atomic mass is 9.95. The maximum absolute atomic E-state index is 11.1. The number of nitrogens with zero attached hydrogens (tertiary/aromatic N) is 3. The van der Waals surface area contributed by atoms with E-state index in [4.69, 9.17) is 15.1 Å². The molecule has 0 bridgehead atoms. The molecule has 8 nitrogen and oxygen atoms in total. The summed E-state index contributed by atoms with van der Waals surface area (Å²) in [5.41, 5.74) is 10.9. The second-order valence-electron chi connectivity index (χ2n) is 6.91. The van der Waals surface area contributed by atoms with Crippen molar-refractivity contribution in [3.63, 3.8) is 0 Å². The van der Waals surface area contributed by atoms with Gasteiger partial charge in [-0.05, 0) is 64.7 Å². The third-order valence-corrected chi connectivity index (χ3v) is 4.57. The summed E-state index contributed by atoms with van der Waals surface area (Å²) in [6.45, 7) is 0. The van der Waals surface area contributed by atoms with Gasteiger partial charge in [-0.2, -0.15) is 13.6 Å². The van der Waals surface area contributed by atoms with Gasteiger partial charge >= 0.3 is 10.3 Å². The second kappa shape index (κ2) is 9.41. The van der Waals surface area contributed by atoms with E-state index in [1.54, 1.807) is 43.4 Å². The van der Waals surface area contributed by atoms with E-state index in [2.05, 4.69) is 10.3 Å². The predicted molar refractivity (Wildman–Crippen MR) is 123 cm³/mol. The fourth-order valence-electron chi connectivity index (χ4n) is 2.77. The van der Waals surface area contributed by atoms with Crippen molar-refractivity contribution in [1.82, 2.24) is 5.01 Å². The molecule has 0 heterocycles. The molecule has 0 atom stereocenters. The molecule has 0 saturated heterocycles. The number of hydrogen-bond donors (Lipinski definition) is 2. The van der Waals surface area contributed by atoms with Gasteiger partial charge in [0.15, 0.2) is 0 Å². The van der Waals surface area contributed by atoms with Gasteiger partial charge in [-0.15, -0.1) is 5.11 Å². The van der Waals surface area contributed by atoms with Crippen molar-refractivity contribution in [3.05, 3.63) is 89.5 Å². The minimum absolute atomic E-state index is 0.138. The van der Waals surface area contributed by atoms with Crippen molar-refractivity contribution in [2.24, 2.45) is 15.5 Å². The van der Waals surface area contributed by atoms with Crippen molar-refractivity contribution >= 4 is 33.3 Å². The third kappa shape index (κ3) is 6.66. The Morgan fingerprint density at radius 1 is 0.903 bits per heavy atom. The monoisotopic (exact) mass is 437 g/mol. The van der Waals surface area contributed by atoms with Crippen LogP contribution in [0.5, 0.6) is 5.75 Å². The van der Waals surface area contributed by atoms with Crippen LogP contribution in [0.3, 0.4) is 0 Å². The molecule has 160 valence electrons. The van der Waals surface area contributed by atoms with Gasteiger partial charge in [-0.1, -0.05) is 41.6 Å². The summed E-state index contributed by atoms with van der Waals surface area (Å²) in [5.74, 6) is 0.138. The van der Waals surface area contributed by atoms with E-state index in [1.165, 1.54) is 0 Å². The first-order valence-corrected chi connectivity index (χ1v) is 10.8. The maximum atomic E-state index is 11.1. The average molecular weight is 438 g/mol. The summed E-state index contributed by atoms with van der Waals surface area (Å²) in [7, 11) is -0.470. The van der Waals surface area contributed by atoms with Gasteiger partial charge in [0, 0.05) is 19.8 Å². The van der Waals surface area contributed by atoms with Crippen molar-refractivity contribution in [2.75, 3.05) is 19.8 Å². The Morgan fingerprint density at radius 2 is 1.45 bits per heavy atom. The molecule has 0 radical (unpaired) electrons. The zero-order valence-corrected chi connectivity index (χ0v) is 18.0. The molecule has 0 aliphatic heterocycles.